The first-order valence-electron chi connectivity index (χ1n) is 29.5. The lowest BCUT2D eigenvalue weighted by molar-refractivity contribution is 0.504. The van der Waals surface area contributed by atoms with Gasteiger partial charge in [-0.1, -0.05) is 291 Å². The van der Waals surface area contributed by atoms with Crippen molar-refractivity contribution in [3.05, 3.63) is 223 Å². The number of benzene rings is 8. The Morgan fingerprint density at radius 1 is 0.494 bits per heavy atom. The highest BCUT2D eigenvalue weighted by atomic mass is 16.3. The Morgan fingerprint density at radius 2 is 1.01 bits per heavy atom. The maximum Gasteiger partial charge on any atom is 0.160 e. The van der Waals surface area contributed by atoms with Gasteiger partial charge in [-0.05, 0) is 113 Å². The first-order valence-corrected chi connectivity index (χ1v) is 29.5. The number of nitrogens with zero attached hydrogens (tertiary/aromatic N) is 2. The van der Waals surface area contributed by atoms with E-state index in [9.17, 15) is 0 Å². The molecule has 0 spiro atoms. The van der Waals surface area contributed by atoms with E-state index in [2.05, 4.69) is 206 Å². The molecule has 2 aromatic heterocycles. The molecule has 0 N–H and O–H groups in total. The highest BCUT2D eigenvalue weighted by Gasteiger charge is 2.17. The second-order valence-electron chi connectivity index (χ2n) is 19.1. The smallest absolute Gasteiger partial charge is 0.160 e. The van der Waals surface area contributed by atoms with Crippen molar-refractivity contribution in [1.29, 1.82) is 0 Å². The molecule has 8 aromatic carbocycles. The zero-order valence-corrected chi connectivity index (χ0v) is 50.9. The number of hydrogen-bond donors (Lipinski definition) is 0. The largest absolute Gasteiger partial charge is 0.456 e. The molecule has 2 heterocycles. The minimum atomic E-state index is 0.737. The molecule has 0 aliphatic heterocycles. The monoisotopic (exact) mass is 1050 g/mol. The van der Waals surface area contributed by atoms with E-state index in [1.165, 1.54) is 76.8 Å². The molecule has 412 valence electrons. The van der Waals surface area contributed by atoms with Crippen LogP contribution >= 0.6 is 0 Å². The average molecular weight is 1050 g/mol. The van der Waals surface area contributed by atoms with Crippen LogP contribution in [0.1, 0.15) is 156 Å². The van der Waals surface area contributed by atoms with E-state index in [0.29, 0.717) is 0 Å². The van der Waals surface area contributed by atoms with Crippen molar-refractivity contribution in [1.82, 2.24) is 9.97 Å². The van der Waals surface area contributed by atoms with Gasteiger partial charge in [0.2, 0.25) is 0 Å². The fourth-order valence-electron chi connectivity index (χ4n) is 8.68. The van der Waals surface area contributed by atoms with E-state index in [1.807, 2.05) is 92.6 Å². The Balaban J connectivity index is 0.000000263. The molecule has 0 saturated heterocycles. The van der Waals surface area contributed by atoms with Crippen molar-refractivity contribution in [2.45, 2.75) is 142 Å². The quantitative estimate of drug-likeness (QED) is 0.107. The molecule has 1 saturated carbocycles. The third-order valence-electron chi connectivity index (χ3n) is 14.0. The number of furan rings is 1. The lowest BCUT2D eigenvalue weighted by atomic mass is 9.96. The Labute approximate surface area is 477 Å². The van der Waals surface area contributed by atoms with Gasteiger partial charge in [-0.25, -0.2) is 9.97 Å². The van der Waals surface area contributed by atoms with Crippen molar-refractivity contribution < 1.29 is 4.42 Å². The fourth-order valence-corrected chi connectivity index (χ4v) is 8.68. The van der Waals surface area contributed by atoms with Gasteiger partial charge in [0.25, 0.3) is 0 Å². The van der Waals surface area contributed by atoms with Crippen molar-refractivity contribution in [3.63, 3.8) is 0 Å². The van der Waals surface area contributed by atoms with Crippen molar-refractivity contribution in [3.8, 4) is 33.9 Å². The molecule has 0 radical (unpaired) electrons. The number of rotatable bonds is 9. The number of aromatic nitrogens is 2. The summed E-state index contributed by atoms with van der Waals surface area (Å²) in [5.41, 5.74) is 16.0. The number of allylic oxidation sites excluding steroid dienone is 4. The van der Waals surface area contributed by atoms with Crippen LogP contribution in [0.5, 0.6) is 0 Å². The van der Waals surface area contributed by atoms with Crippen LogP contribution in [-0.2, 0) is 0 Å². The summed E-state index contributed by atoms with van der Waals surface area (Å²) in [4.78, 5) is 9.97. The average Bonchev–Trinajstić information content (AvgIpc) is 3.87. The first-order chi connectivity index (χ1) is 38.5. The minimum Gasteiger partial charge on any atom is -0.456 e. The van der Waals surface area contributed by atoms with Crippen molar-refractivity contribution >= 4 is 60.2 Å². The van der Waals surface area contributed by atoms with E-state index < -0.39 is 0 Å². The molecule has 10 aromatic rings. The molecule has 1 aliphatic rings. The third kappa shape index (κ3) is 17.2. The Hall–Kier alpha value is -7.62. The second kappa shape index (κ2) is 33.6. The lowest BCUT2D eigenvalue weighted by Gasteiger charge is -2.15. The summed E-state index contributed by atoms with van der Waals surface area (Å²) >= 11 is 0. The highest BCUT2D eigenvalue weighted by Crippen LogP contribution is 2.35. The second-order valence-corrected chi connectivity index (χ2v) is 19.1. The molecule has 3 nitrogen and oxygen atoms in total. The van der Waals surface area contributed by atoms with Crippen LogP contribution in [0.2, 0.25) is 0 Å². The molecule has 0 bridgehead atoms. The molecule has 79 heavy (non-hydrogen) atoms. The van der Waals surface area contributed by atoms with Crippen LogP contribution in [0.3, 0.4) is 0 Å². The predicted octanol–water partition coefficient (Wildman–Crippen LogP) is 24.2. The predicted molar refractivity (Wildman–Crippen MR) is 354 cm³/mol. The number of hydrogen-bond acceptors (Lipinski definition) is 3. The topological polar surface area (TPSA) is 38.9 Å². The lowest BCUT2D eigenvalue weighted by Crippen LogP contribution is -2.01. The van der Waals surface area contributed by atoms with Gasteiger partial charge in [-0.15, -0.1) is 0 Å². The molecule has 0 unspecified atom stereocenters. The number of aryl methyl sites for hydroxylation is 1. The van der Waals surface area contributed by atoms with Gasteiger partial charge in [-0.2, -0.15) is 0 Å². The third-order valence-corrected chi connectivity index (χ3v) is 14.0. The van der Waals surface area contributed by atoms with E-state index in [4.69, 9.17) is 14.4 Å². The van der Waals surface area contributed by atoms with E-state index in [1.54, 1.807) is 0 Å². The molecule has 1 aliphatic carbocycles. The van der Waals surface area contributed by atoms with Gasteiger partial charge in [0.1, 0.15) is 11.2 Å². The van der Waals surface area contributed by atoms with Crippen LogP contribution < -0.4 is 0 Å². The van der Waals surface area contributed by atoms with Gasteiger partial charge in [0.15, 0.2) is 5.82 Å². The van der Waals surface area contributed by atoms with Crippen LogP contribution in [0.4, 0.5) is 0 Å². The highest BCUT2D eigenvalue weighted by molar-refractivity contribution is 6.09. The van der Waals surface area contributed by atoms with Gasteiger partial charge in [-0.3, -0.25) is 0 Å². The summed E-state index contributed by atoms with van der Waals surface area (Å²) in [7, 11) is 0. The summed E-state index contributed by atoms with van der Waals surface area (Å²) in [5.74, 6) is 1.67. The molecule has 0 amide bonds. The minimum absolute atomic E-state index is 0.737. The first kappa shape index (κ1) is 63.9. The van der Waals surface area contributed by atoms with Crippen LogP contribution in [0.15, 0.2) is 200 Å². The van der Waals surface area contributed by atoms with Crippen LogP contribution in [0.25, 0.3) is 94.1 Å². The summed E-state index contributed by atoms with van der Waals surface area (Å²) < 4.78 is 5.97. The van der Waals surface area contributed by atoms with Gasteiger partial charge >= 0.3 is 0 Å². The molecule has 0 atom stereocenters. The van der Waals surface area contributed by atoms with Gasteiger partial charge in [0, 0.05) is 33.0 Å². The molecule has 11 rings (SSSR count). The van der Waals surface area contributed by atoms with Gasteiger partial charge in [0.05, 0.1) is 11.4 Å². The van der Waals surface area contributed by atoms with Crippen LogP contribution in [-0.4, -0.2) is 9.97 Å². The summed E-state index contributed by atoms with van der Waals surface area (Å²) in [6.07, 6.45) is 10.8. The van der Waals surface area contributed by atoms with Gasteiger partial charge < -0.3 is 4.42 Å². The summed E-state index contributed by atoms with van der Waals surface area (Å²) in [6, 6.07) is 61.1. The van der Waals surface area contributed by atoms with Crippen LogP contribution in [0, 0.1) is 19.8 Å². The van der Waals surface area contributed by atoms with Crippen molar-refractivity contribution in [2.75, 3.05) is 0 Å². The summed E-state index contributed by atoms with van der Waals surface area (Å²) in [5, 5.41) is 7.36. The zero-order chi connectivity index (χ0) is 57.9. The maximum absolute atomic E-state index is 5.97. The standard InChI is InChI=1S/C31H22O.C27H24N2.C6H14.C4H8.4C2H6/c1-20(23-13-15-27-25(18-23)12-11-22-7-3-4-8-26(22)27)17-21(2)24-14-16-31-29(19-24)28-9-5-6-10-30(28)32-31;1-18(2)21-14-16-23(17-15-21)27-28-25(22-11-6-5-7-12-22)20(4)26(29-27)24-13-9-8-10-19(24)3;1-4-6(3)5-2;1-2-4-3-1;4*1-2/h3-19H,1H2,2H3;5-17H,1H2,2-4H3;6H,4-5H2,1-3H3;1-4H2;4*1-2H3/b21-17+;;;;;;;. The Kier molecular flexibility index (Phi) is 27.2. The number of para-hydroxylation sites is 1. The Bertz CT molecular complexity index is 3470. The SMILES string of the molecule is C1CCC1.C=C(/C=C(\C)c1ccc2oc3ccccc3c2c1)c1ccc2c(ccc3ccccc32)c1.C=C(C)c1ccc(-c2nc(-c3ccccc3)c(C)c(-c3ccccc3C)n2)cc1.CC.CC.CC.CC.CCC(C)CC. The van der Waals surface area contributed by atoms with E-state index in [0.717, 1.165) is 89.6 Å². The zero-order valence-electron chi connectivity index (χ0n) is 50.9. The molecule has 1 fully saturated rings. The Morgan fingerprint density at radius 3 is 1.62 bits per heavy atom. The van der Waals surface area contributed by atoms with Crippen molar-refractivity contribution in [2.24, 2.45) is 5.92 Å². The normalized spacial score (nSPS) is 11.2. The summed E-state index contributed by atoms with van der Waals surface area (Å²) in [6.45, 7) is 39.5. The molecular formula is C76H92N2O. The number of fused-ring (bicyclic) bond motifs is 6. The van der Waals surface area contributed by atoms with E-state index in [-0.39, 0.29) is 0 Å². The van der Waals surface area contributed by atoms with E-state index >= 15 is 0 Å². The molecular weight excluding hydrogens is 957 g/mol. The maximum atomic E-state index is 5.97. The molecule has 3 heteroatoms. The fraction of sp³-hybridized carbons (Fsp3) is 0.289.